The Kier molecular flexibility index (Phi) is 5.01. The molecule has 25 heavy (non-hydrogen) atoms. The fraction of sp³-hybridized carbons (Fsp3) is 0.353. The van der Waals surface area contributed by atoms with Gasteiger partial charge in [-0.05, 0) is 29.7 Å². The number of nitrogens with zero attached hydrogens (tertiary/aromatic N) is 2. The number of aromatic nitrogens is 2. The van der Waals surface area contributed by atoms with E-state index in [0.29, 0.717) is 17.0 Å². The molecule has 1 unspecified atom stereocenters. The zero-order valence-electron chi connectivity index (χ0n) is 14.5. The Balaban J connectivity index is 2.48. The largest absolute Gasteiger partial charge is 0.445 e. The number of nitrogens with two attached hydrogens (primary N) is 3. The van der Waals surface area contributed by atoms with Gasteiger partial charge < -0.3 is 26.5 Å². The predicted molar refractivity (Wildman–Crippen MR) is 95.8 cm³/mol. The molecule has 1 heterocycles. The van der Waals surface area contributed by atoms with Crippen molar-refractivity contribution in [2.75, 3.05) is 12.3 Å². The summed E-state index contributed by atoms with van der Waals surface area (Å²) in [5.41, 5.74) is 17.9. The highest BCUT2D eigenvalue weighted by atomic mass is 16.5. The number of carbonyl (C=O) groups is 2. The van der Waals surface area contributed by atoms with Crippen LogP contribution in [0.1, 0.15) is 37.2 Å². The Morgan fingerprint density at radius 1 is 1.32 bits per heavy atom. The van der Waals surface area contributed by atoms with E-state index in [2.05, 4.69) is 25.8 Å². The summed E-state index contributed by atoms with van der Waals surface area (Å²) in [7, 11) is 0. The Bertz CT molecular complexity index is 833. The van der Waals surface area contributed by atoms with Gasteiger partial charge in [-0.2, -0.15) is 0 Å². The van der Waals surface area contributed by atoms with Gasteiger partial charge in [0.25, 0.3) is 0 Å². The minimum absolute atomic E-state index is 0.0697. The zero-order valence-corrected chi connectivity index (χ0v) is 14.5. The lowest BCUT2D eigenvalue weighted by atomic mass is 9.86. The number of fused-ring (bicyclic) bond motifs is 1. The van der Waals surface area contributed by atoms with Gasteiger partial charge in [-0.3, -0.25) is 4.79 Å². The number of ether oxygens (including phenoxy) is 1. The average Bonchev–Trinajstić information content (AvgIpc) is 2.80. The van der Waals surface area contributed by atoms with Crippen molar-refractivity contribution in [3.05, 3.63) is 35.9 Å². The molecule has 1 atom stereocenters. The first-order valence-corrected chi connectivity index (χ1v) is 7.77. The van der Waals surface area contributed by atoms with Gasteiger partial charge in [0.1, 0.15) is 6.61 Å². The molecule has 0 aliphatic rings. The number of benzene rings is 1. The predicted octanol–water partition coefficient (Wildman–Crippen LogP) is 1.96. The SMILES string of the molecule is CC(C)(C)C(/C=C/COC(N)=O)n1c(N)nc2cc(C(N)=O)ccc21. The first-order chi connectivity index (χ1) is 11.6. The van der Waals surface area contributed by atoms with E-state index in [1.54, 1.807) is 24.3 Å². The zero-order chi connectivity index (χ0) is 18.8. The van der Waals surface area contributed by atoms with Gasteiger partial charge in [0, 0.05) is 5.56 Å². The molecule has 0 saturated carbocycles. The van der Waals surface area contributed by atoms with Crippen LogP contribution in [0.3, 0.4) is 0 Å². The third kappa shape index (κ3) is 4.09. The average molecular weight is 345 g/mol. The number of allylic oxidation sites excluding steroid dienone is 1. The van der Waals surface area contributed by atoms with Gasteiger partial charge >= 0.3 is 6.09 Å². The summed E-state index contributed by atoms with van der Waals surface area (Å²) in [4.78, 5) is 26.4. The lowest BCUT2D eigenvalue weighted by molar-refractivity contribution is 0.100. The number of nitrogen functional groups attached to an aromatic ring is 1. The summed E-state index contributed by atoms with van der Waals surface area (Å²) in [6.07, 6.45) is 2.77. The molecule has 0 aliphatic heterocycles. The summed E-state index contributed by atoms with van der Waals surface area (Å²) in [5.74, 6) is -0.206. The number of amides is 2. The lowest BCUT2D eigenvalue weighted by Gasteiger charge is -2.30. The molecule has 0 saturated heterocycles. The molecule has 0 radical (unpaired) electrons. The van der Waals surface area contributed by atoms with Crippen LogP contribution in [0.4, 0.5) is 10.7 Å². The number of anilines is 1. The van der Waals surface area contributed by atoms with E-state index in [4.69, 9.17) is 21.9 Å². The molecule has 0 bridgehead atoms. The molecular weight excluding hydrogens is 322 g/mol. The summed E-state index contributed by atoms with van der Waals surface area (Å²) < 4.78 is 6.60. The lowest BCUT2D eigenvalue weighted by Crippen LogP contribution is -2.24. The molecule has 8 heteroatoms. The summed E-state index contributed by atoms with van der Waals surface area (Å²) in [6, 6.07) is 4.87. The second-order valence-corrected chi connectivity index (χ2v) is 6.78. The van der Waals surface area contributed by atoms with Crippen molar-refractivity contribution in [3.8, 4) is 0 Å². The minimum atomic E-state index is -0.830. The second-order valence-electron chi connectivity index (χ2n) is 6.78. The summed E-state index contributed by atoms with van der Waals surface area (Å²) in [5, 5.41) is 0. The molecule has 6 N–H and O–H groups in total. The van der Waals surface area contributed by atoms with E-state index >= 15 is 0 Å². The molecular formula is C17H23N5O3. The van der Waals surface area contributed by atoms with Crippen LogP contribution in [0.15, 0.2) is 30.4 Å². The van der Waals surface area contributed by atoms with Crippen molar-refractivity contribution >= 4 is 29.0 Å². The molecule has 1 aromatic heterocycles. The standard InChI is InChI=1S/C17H23N5O3/c1-17(2,3)13(5-4-8-25-16(20)24)22-12-7-6-10(14(18)23)9-11(12)21-15(22)19/h4-7,9,13H,8H2,1-3H3,(H2,18,23)(H2,19,21)(H2,20,24)/b5-4+. The number of hydrogen-bond donors (Lipinski definition) is 3. The van der Waals surface area contributed by atoms with Crippen LogP contribution in [-0.2, 0) is 4.74 Å². The fourth-order valence-electron chi connectivity index (χ4n) is 2.64. The second kappa shape index (κ2) is 6.84. The number of hydrogen-bond acceptors (Lipinski definition) is 5. The molecule has 8 nitrogen and oxygen atoms in total. The molecule has 0 fully saturated rings. The van der Waals surface area contributed by atoms with Gasteiger partial charge in [0.2, 0.25) is 11.9 Å². The van der Waals surface area contributed by atoms with Gasteiger partial charge in [-0.1, -0.05) is 26.8 Å². The van der Waals surface area contributed by atoms with Crippen LogP contribution in [-0.4, -0.2) is 28.2 Å². The first kappa shape index (κ1) is 18.3. The smallest absolute Gasteiger partial charge is 0.404 e. The molecule has 2 aromatic rings. The van der Waals surface area contributed by atoms with Crippen molar-refractivity contribution in [2.24, 2.45) is 16.9 Å². The van der Waals surface area contributed by atoms with E-state index in [1.807, 2.05) is 10.6 Å². The normalized spacial score (nSPS) is 13.2. The topological polar surface area (TPSA) is 139 Å². The monoisotopic (exact) mass is 345 g/mol. The summed E-state index contributed by atoms with van der Waals surface area (Å²) in [6.45, 7) is 6.24. The highest BCUT2D eigenvalue weighted by Gasteiger charge is 2.27. The van der Waals surface area contributed by atoms with Crippen LogP contribution in [0.2, 0.25) is 0 Å². The van der Waals surface area contributed by atoms with Crippen molar-refractivity contribution < 1.29 is 14.3 Å². The molecule has 2 rings (SSSR count). The van der Waals surface area contributed by atoms with Gasteiger partial charge in [0.05, 0.1) is 17.1 Å². The number of carbonyl (C=O) groups excluding carboxylic acids is 2. The Morgan fingerprint density at radius 3 is 2.56 bits per heavy atom. The van der Waals surface area contributed by atoms with E-state index in [0.717, 1.165) is 5.52 Å². The van der Waals surface area contributed by atoms with Crippen LogP contribution >= 0.6 is 0 Å². The minimum Gasteiger partial charge on any atom is -0.445 e. The maximum Gasteiger partial charge on any atom is 0.404 e. The van der Waals surface area contributed by atoms with E-state index < -0.39 is 12.0 Å². The molecule has 2 amide bonds. The fourth-order valence-corrected chi connectivity index (χ4v) is 2.64. The highest BCUT2D eigenvalue weighted by Crippen LogP contribution is 2.36. The maximum absolute atomic E-state index is 11.4. The van der Waals surface area contributed by atoms with Crippen molar-refractivity contribution in [2.45, 2.75) is 26.8 Å². The van der Waals surface area contributed by atoms with Gasteiger partial charge in [0.15, 0.2) is 0 Å². The van der Waals surface area contributed by atoms with Crippen LogP contribution < -0.4 is 17.2 Å². The van der Waals surface area contributed by atoms with Crippen LogP contribution in [0.25, 0.3) is 11.0 Å². The third-order valence-corrected chi connectivity index (χ3v) is 3.81. The Labute approximate surface area is 145 Å². The third-order valence-electron chi connectivity index (χ3n) is 3.81. The first-order valence-electron chi connectivity index (χ1n) is 7.77. The van der Waals surface area contributed by atoms with E-state index in [-0.39, 0.29) is 18.1 Å². The van der Waals surface area contributed by atoms with Crippen molar-refractivity contribution in [1.29, 1.82) is 0 Å². The van der Waals surface area contributed by atoms with Gasteiger partial charge in [-0.25, -0.2) is 9.78 Å². The summed E-state index contributed by atoms with van der Waals surface area (Å²) >= 11 is 0. The van der Waals surface area contributed by atoms with Gasteiger partial charge in [-0.15, -0.1) is 0 Å². The van der Waals surface area contributed by atoms with Crippen molar-refractivity contribution in [3.63, 3.8) is 0 Å². The van der Waals surface area contributed by atoms with E-state index in [9.17, 15) is 9.59 Å². The number of primary amides is 2. The quantitative estimate of drug-likeness (QED) is 0.711. The maximum atomic E-state index is 11.4. The Morgan fingerprint density at radius 2 is 2.00 bits per heavy atom. The molecule has 1 aromatic carbocycles. The molecule has 134 valence electrons. The number of imidazole rings is 1. The van der Waals surface area contributed by atoms with E-state index in [1.165, 1.54) is 0 Å². The molecule has 0 aliphatic carbocycles. The highest BCUT2D eigenvalue weighted by molar-refractivity contribution is 5.96. The van der Waals surface area contributed by atoms with Crippen LogP contribution in [0.5, 0.6) is 0 Å². The van der Waals surface area contributed by atoms with Crippen LogP contribution in [0, 0.1) is 5.41 Å². The number of rotatable bonds is 5. The Hall–Kier alpha value is -3.03. The molecule has 0 spiro atoms. The van der Waals surface area contributed by atoms with Crippen molar-refractivity contribution in [1.82, 2.24) is 9.55 Å².